The minimum absolute atomic E-state index is 0. The Kier molecular flexibility index (Phi) is 12.2. The van der Waals surface area contributed by atoms with E-state index in [4.69, 9.17) is 0 Å². The summed E-state index contributed by atoms with van der Waals surface area (Å²) >= 11 is 0. The Bertz CT molecular complexity index is 509. The second-order valence-corrected chi connectivity index (χ2v) is 5.89. The molecule has 1 aromatic rings. The molecule has 2 rings (SSSR count). The molecular formula is C17H28Cl2N4O2. The predicted molar refractivity (Wildman–Crippen MR) is 106 cm³/mol. The average Bonchev–Trinajstić information content (AvgIpc) is 2.55. The molecule has 25 heavy (non-hydrogen) atoms. The lowest BCUT2D eigenvalue weighted by Crippen LogP contribution is -2.46. The second-order valence-electron chi connectivity index (χ2n) is 5.89. The van der Waals surface area contributed by atoms with Crippen molar-refractivity contribution in [3.8, 4) is 0 Å². The number of nitrogens with one attached hydrogen (secondary N) is 3. The van der Waals surface area contributed by atoms with Gasteiger partial charge in [0.05, 0.1) is 6.54 Å². The van der Waals surface area contributed by atoms with Crippen molar-refractivity contribution >= 4 is 42.3 Å². The Labute approximate surface area is 161 Å². The summed E-state index contributed by atoms with van der Waals surface area (Å²) in [5.41, 5.74) is 0.823. The lowest BCUT2D eigenvalue weighted by atomic mass is 10.0. The van der Waals surface area contributed by atoms with Gasteiger partial charge in [-0.25, -0.2) is 0 Å². The van der Waals surface area contributed by atoms with Gasteiger partial charge in [-0.1, -0.05) is 18.2 Å². The van der Waals surface area contributed by atoms with Gasteiger partial charge in [-0.05, 0) is 32.0 Å². The number of hydrogen-bond acceptors (Lipinski definition) is 4. The molecule has 0 aromatic heterocycles. The van der Waals surface area contributed by atoms with Crippen LogP contribution in [0.5, 0.6) is 0 Å². The molecule has 142 valence electrons. The quantitative estimate of drug-likeness (QED) is 0.661. The van der Waals surface area contributed by atoms with Crippen LogP contribution in [-0.2, 0) is 9.59 Å². The maximum absolute atomic E-state index is 12.0. The van der Waals surface area contributed by atoms with Crippen LogP contribution in [0.1, 0.15) is 19.3 Å². The molecular weight excluding hydrogens is 363 g/mol. The van der Waals surface area contributed by atoms with E-state index in [9.17, 15) is 9.59 Å². The number of benzene rings is 1. The van der Waals surface area contributed by atoms with Crippen molar-refractivity contribution in [1.29, 1.82) is 0 Å². The summed E-state index contributed by atoms with van der Waals surface area (Å²) in [4.78, 5) is 25.9. The van der Waals surface area contributed by atoms with E-state index >= 15 is 0 Å². The number of carbonyl (C=O) groups excluding carboxylic acids is 2. The minimum atomic E-state index is 0. The van der Waals surface area contributed by atoms with E-state index in [-0.39, 0.29) is 42.7 Å². The molecule has 1 saturated heterocycles. The van der Waals surface area contributed by atoms with Gasteiger partial charge in [-0.2, -0.15) is 0 Å². The number of piperidine rings is 1. The van der Waals surface area contributed by atoms with Gasteiger partial charge < -0.3 is 16.0 Å². The summed E-state index contributed by atoms with van der Waals surface area (Å²) in [7, 11) is 1.84. The molecule has 0 saturated carbocycles. The van der Waals surface area contributed by atoms with Crippen LogP contribution in [0.2, 0.25) is 0 Å². The number of halogens is 2. The van der Waals surface area contributed by atoms with E-state index in [1.807, 2.05) is 37.4 Å². The molecule has 2 amide bonds. The third-order valence-corrected chi connectivity index (χ3v) is 3.98. The van der Waals surface area contributed by atoms with Crippen LogP contribution in [-0.4, -0.2) is 56.0 Å². The second kappa shape index (κ2) is 12.9. The monoisotopic (exact) mass is 390 g/mol. The van der Waals surface area contributed by atoms with Crippen molar-refractivity contribution in [2.24, 2.45) is 0 Å². The molecule has 0 aliphatic carbocycles. The summed E-state index contributed by atoms with van der Waals surface area (Å²) in [6.07, 6.45) is 2.30. The van der Waals surface area contributed by atoms with Crippen LogP contribution in [0, 0.1) is 0 Å². The molecule has 8 heteroatoms. The molecule has 1 aliphatic heterocycles. The summed E-state index contributed by atoms with van der Waals surface area (Å²) in [5.74, 6) is 0.104. The molecule has 1 aromatic carbocycles. The fraction of sp³-hybridized carbons (Fsp3) is 0.529. The average molecular weight is 391 g/mol. The Morgan fingerprint density at radius 2 is 1.72 bits per heavy atom. The summed E-state index contributed by atoms with van der Waals surface area (Å²) in [6.45, 7) is 2.76. The van der Waals surface area contributed by atoms with Crippen molar-refractivity contribution in [2.75, 3.05) is 38.5 Å². The Hall–Kier alpha value is -1.34. The van der Waals surface area contributed by atoms with Gasteiger partial charge in [-0.15, -0.1) is 24.8 Å². The van der Waals surface area contributed by atoms with Crippen molar-refractivity contribution in [3.05, 3.63) is 30.3 Å². The molecule has 6 nitrogen and oxygen atoms in total. The Morgan fingerprint density at radius 3 is 2.32 bits per heavy atom. The number of hydrogen-bond donors (Lipinski definition) is 3. The van der Waals surface area contributed by atoms with E-state index in [1.54, 1.807) is 0 Å². The molecule has 0 radical (unpaired) electrons. The number of likely N-dealkylation sites (tertiary alicyclic amines) is 1. The molecule has 3 N–H and O–H groups in total. The summed E-state index contributed by atoms with van der Waals surface area (Å²) in [6, 6.07) is 9.71. The van der Waals surface area contributed by atoms with E-state index in [1.165, 1.54) is 0 Å². The zero-order valence-corrected chi connectivity index (χ0v) is 16.1. The topological polar surface area (TPSA) is 73.5 Å². The first kappa shape index (κ1) is 23.7. The Balaban J connectivity index is 0.00000288. The molecule has 0 atom stereocenters. The normalized spacial score (nSPS) is 14.8. The third kappa shape index (κ3) is 9.07. The van der Waals surface area contributed by atoms with Crippen molar-refractivity contribution in [3.63, 3.8) is 0 Å². The van der Waals surface area contributed by atoms with Gasteiger partial charge >= 0.3 is 0 Å². The molecule has 0 unspecified atom stereocenters. The fourth-order valence-corrected chi connectivity index (χ4v) is 2.70. The smallest absolute Gasteiger partial charge is 0.238 e. The molecule has 1 heterocycles. The number of anilines is 1. The van der Waals surface area contributed by atoms with Gasteiger partial charge in [0.15, 0.2) is 0 Å². The zero-order chi connectivity index (χ0) is 16.5. The fourth-order valence-electron chi connectivity index (χ4n) is 2.70. The maximum Gasteiger partial charge on any atom is 0.238 e. The first-order valence-corrected chi connectivity index (χ1v) is 8.18. The molecule has 0 spiro atoms. The highest BCUT2D eigenvalue weighted by Gasteiger charge is 2.21. The zero-order valence-electron chi connectivity index (χ0n) is 14.5. The number of amides is 2. The largest absolute Gasteiger partial charge is 0.353 e. The van der Waals surface area contributed by atoms with E-state index in [2.05, 4.69) is 20.9 Å². The first-order valence-electron chi connectivity index (χ1n) is 8.18. The highest BCUT2D eigenvalue weighted by molar-refractivity contribution is 5.92. The van der Waals surface area contributed by atoms with Crippen LogP contribution >= 0.6 is 24.8 Å². The highest BCUT2D eigenvalue weighted by Crippen LogP contribution is 2.11. The number of carbonyl (C=O) groups is 2. The first-order chi connectivity index (χ1) is 11.2. The van der Waals surface area contributed by atoms with Crippen molar-refractivity contribution < 1.29 is 9.59 Å². The van der Waals surface area contributed by atoms with Crippen molar-refractivity contribution in [2.45, 2.75) is 25.3 Å². The lowest BCUT2D eigenvalue weighted by molar-refractivity contribution is -0.122. The SMILES string of the molecule is CNCCC(=O)NC1CCN(CC(=O)Nc2ccccc2)CC1.Cl.Cl. The van der Waals surface area contributed by atoms with Crippen LogP contribution in [0.25, 0.3) is 0 Å². The van der Waals surface area contributed by atoms with E-state index < -0.39 is 0 Å². The van der Waals surface area contributed by atoms with E-state index in [0.717, 1.165) is 31.6 Å². The van der Waals surface area contributed by atoms with Gasteiger partial charge in [0, 0.05) is 37.8 Å². The minimum Gasteiger partial charge on any atom is -0.353 e. The molecule has 1 fully saturated rings. The molecule has 0 bridgehead atoms. The van der Waals surface area contributed by atoms with Crippen molar-refractivity contribution in [1.82, 2.24) is 15.5 Å². The van der Waals surface area contributed by atoms with E-state index in [0.29, 0.717) is 19.5 Å². The standard InChI is InChI=1S/C17H26N4O2.2ClH/c1-18-10-7-16(22)19-15-8-11-21(12-9-15)13-17(23)20-14-5-3-2-4-6-14;;/h2-6,15,18H,7-13H2,1H3,(H,19,22)(H,20,23);2*1H. The third-order valence-electron chi connectivity index (χ3n) is 3.98. The van der Waals surface area contributed by atoms with Crippen LogP contribution in [0.15, 0.2) is 30.3 Å². The lowest BCUT2D eigenvalue weighted by Gasteiger charge is -2.31. The number of para-hydroxylation sites is 1. The number of rotatable bonds is 7. The van der Waals surface area contributed by atoms with Crippen LogP contribution in [0.4, 0.5) is 5.69 Å². The van der Waals surface area contributed by atoms with Gasteiger partial charge in [0.2, 0.25) is 11.8 Å². The van der Waals surface area contributed by atoms with Crippen LogP contribution < -0.4 is 16.0 Å². The highest BCUT2D eigenvalue weighted by atomic mass is 35.5. The number of nitrogens with zero attached hydrogens (tertiary/aromatic N) is 1. The van der Waals surface area contributed by atoms with Gasteiger partial charge in [0.1, 0.15) is 0 Å². The van der Waals surface area contributed by atoms with Gasteiger partial charge in [0.25, 0.3) is 0 Å². The Morgan fingerprint density at radius 1 is 1.08 bits per heavy atom. The predicted octanol–water partition coefficient (Wildman–Crippen LogP) is 1.66. The van der Waals surface area contributed by atoms with Gasteiger partial charge in [-0.3, -0.25) is 14.5 Å². The maximum atomic E-state index is 12.0. The summed E-state index contributed by atoms with van der Waals surface area (Å²) < 4.78 is 0. The van der Waals surface area contributed by atoms with Crippen LogP contribution in [0.3, 0.4) is 0 Å². The summed E-state index contributed by atoms with van der Waals surface area (Å²) in [5, 5.41) is 8.93. The molecule has 1 aliphatic rings.